The summed E-state index contributed by atoms with van der Waals surface area (Å²) >= 11 is 18.3. The molecule has 4 aromatic rings. The van der Waals surface area contributed by atoms with E-state index in [0.29, 0.717) is 38.1 Å². The monoisotopic (exact) mass is 401 g/mol. The maximum atomic E-state index is 6.15. The molecule has 0 saturated heterocycles. The number of hydrogen-bond acceptors (Lipinski definition) is 5. The van der Waals surface area contributed by atoms with E-state index >= 15 is 0 Å². The average Bonchev–Trinajstić information content (AvgIpc) is 2.62. The van der Waals surface area contributed by atoms with Crippen molar-refractivity contribution in [2.75, 3.05) is 5.32 Å². The highest BCUT2D eigenvalue weighted by atomic mass is 35.5. The quantitative estimate of drug-likeness (QED) is 0.470. The molecular weight excluding hydrogens is 393 g/mol. The lowest BCUT2D eigenvalue weighted by atomic mass is 10.2. The van der Waals surface area contributed by atoms with Gasteiger partial charge in [0.1, 0.15) is 11.5 Å². The van der Waals surface area contributed by atoms with E-state index in [1.807, 2.05) is 6.07 Å². The van der Waals surface area contributed by atoms with Gasteiger partial charge in [0.15, 0.2) is 5.82 Å². The van der Waals surface area contributed by atoms with Crippen LogP contribution in [0.15, 0.2) is 55.0 Å². The highest BCUT2D eigenvalue weighted by Crippen LogP contribution is 2.30. The molecule has 0 amide bonds. The maximum Gasteiger partial charge on any atom is 0.182 e. The number of rotatable bonds is 3. The fourth-order valence-corrected chi connectivity index (χ4v) is 3.19. The van der Waals surface area contributed by atoms with Crippen molar-refractivity contribution in [3.8, 4) is 11.5 Å². The molecule has 2 heterocycles. The number of aromatic nitrogens is 4. The lowest BCUT2D eigenvalue weighted by Crippen LogP contribution is -2.00. The highest BCUT2D eigenvalue weighted by molar-refractivity contribution is 6.35. The van der Waals surface area contributed by atoms with Crippen LogP contribution in [0.5, 0.6) is 0 Å². The van der Waals surface area contributed by atoms with Gasteiger partial charge in [0.25, 0.3) is 0 Å². The largest absolute Gasteiger partial charge is 0.340 e. The van der Waals surface area contributed by atoms with Crippen molar-refractivity contribution >= 4 is 57.2 Å². The van der Waals surface area contributed by atoms with E-state index in [-0.39, 0.29) is 0 Å². The smallest absolute Gasteiger partial charge is 0.182 e. The molecule has 128 valence electrons. The molecule has 0 aliphatic rings. The minimum Gasteiger partial charge on any atom is -0.340 e. The van der Waals surface area contributed by atoms with Gasteiger partial charge < -0.3 is 5.32 Å². The average molecular weight is 403 g/mol. The molecule has 8 heteroatoms. The fraction of sp³-hybridized carbons (Fsp3) is 0. The van der Waals surface area contributed by atoms with Crippen LogP contribution in [-0.2, 0) is 0 Å². The van der Waals surface area contributed by atoms with Crippen LogP contribution in [0.4, 0.5) is 11.5 Å². The number of nitrogens with zero attached hydrogens (tertiary/aromatic N) is 4. The Balaban J connectivity index is 1.89. The third kappa shape index (κ3) is 3.55. The van der Waals surface area contributed by atoms with Gasteiger partial charge in [0.05, 0.1) is 11.7 Å². The molecule has 0 fully saturated rings. The Hall–Kier alpha value is -2.47. The Kier molecular flexibility index (Phi) is 4.59. The van der Waals surface area contributed by atoms with Crippen molar-refractivity contribution in [2.24, 2.45) is 0 Å². The summed E-state index contributed by atoms with van der Waals surface area (Å²) in [5.41, 5.74) is 1.99. The van der Waals surface area contributed by atoms with Gasteiger partial charge in [-0.2, -0.15) is 0 Å². The standard InChI is InChI=1S/C18H10Cl3N5/c19-10-1-2-15-14(8-10)17(24-13-6-11(20)5-12(21)7-13)26-18(25-15)16-9-22-3-4-23-16/h1-9H,(H,24,25,26). The predicted octanol–water partition coefficient (Wildman–Crippen LogP) is 5.79. The molecule has 0 aliphatic carbocycles. The molecule has 2 aromatic carbocycles. The second-order valence-electron chi connectivity index (χ2n) is 5.43. The van der Waals surface area contributed by atoms with Gasteiger partial charge in [-0.25, -0.2) is 15.0 Å². The van der Waals surface area contributed by atoms with Gasteiger partial charge in [0, 0.05) is 38.5 Å². The molecule has 0 saturated carbocycles. The normalized spacial score (nSPS) is 10.9. The third-order valence-corrected chi connectivity index (χ3v) is 4.25. The molecule has 2 aromatic heterocycles. The van der Waals surface area contributed by atoms with Gasteiger partial charge in [-0.3, -0.25) is 4.98 Å². The molecule has 5 nitrogen and oxygen atoms in total. The summed E-state index contributed by atoms with van der Waals surface area (Å²) in [4.78, 5) is 17.5. The van der Waals surface area contributed by atoms with E-state index in [1.165, 1.54) is 0 Å². The van der Waals surface area contributed by atoms with Crippen molar-refractivity contribution in [3.05, 3.63) is 70.1 Å². The lowest BCUT2D eigenvalue weighted by Gasteiger charge is -2.11. The van der Waals surface area contributed by atoms with Crippen LogP contribution < -0.4 is 5.32 Å². The first-order valence-corrected chi connectivity index (χ1v) is 8.69. The molecule has 0 spiro atoms. The Morgan fingerprint density at radius 2 is 1.62 bits per heavy atom. The molecule has 26 heavy (non-hydrogen) atoms. The Labute approximate surface area is 164 Å². The summed E-state index contributed by atoms with van der Waals surface area (Å²) in [7, 11) is 0. The van der Waals surface area contributed by atoms with E-state index in [0.717, 1.165) is 10.9 Å². The second-order valence-corrected chi connectivity index (χ2v) is 6.74. The Morgan fingerprint density at radius 1 is 0.808 bits per heavy atom. The van der Waals surface area contributed by atoms with Crippen LogP contribution in [0.25, 0.3) is 22.4 Å². The topological polar surface area (TPSA) is 63.6 Å². The molecule has 4 rings (SSSR count). The van der Waals surface area contributed by atoms with Crippen molar-refractivity contribution < 1.29 is 0 Å². The lowest BCUT2D eigenvalue weighted by molar-refractivity contribution is 1.13. The zero-order chi connectivity index (χ0) is 18.1. The summed E-state index contributed by atoms with van der Waals surface area (Å²) in [5, 5.41) is 5.63. The molecule has 0 aliphatic heterocycles. The predicted molar refractivity (Wildman–Crippen MR) is 105 cm³/mol. The van der Waals surface area contributed by atoms with Crippen LogP contribution >= 0.6 is 34.8 Å². The zero-order valence-electron chi connectivity index (χ0n) is 13.1. The molecule has 0 unspecified atom stereocenters. The van der Waals surface area contributed by atoms with Crippen molar-refractivity contribution in [1.29, 1.82) is 0 Å². The number of anilines is 2. The SMILES string of the molecule is Clc1cc(Cl)cc(Nc2nc(-c3cnccn3)nc3ccc(Cl)cc23)c1. The van der Waals surface area contributed by atoms with Crippen molar-refractivity contribution in [3.63, 3.8) is 0 Å². The Bertz CT molecular complexity index is 1080. The minimum absolute atomic E-state index is 0.448. The zero-order valence-corrected chi connectivity index (χ0v) is 15.4. The molecule has 0 radical (unpaired) electrons. The molecule has 0 atom stereocenters. The fourth-order valence-electron chi connectivity index (χ4n) is 2.49. The summed E-state index contributed by atoms with van der Waals surface area (Å²) in [6.45, 7) is 0. The Morgan fingerprint density at radius 3 is 2.35 bits per heavy atom. The van der Waals surface area contributed by atoms with E-state index in [2.05, 4.69) is 25.3 Å². The van der Waals surface area contributed by atoms with Gasteiger partial charge >= 0.3 is 0 Å². The van der Waals surface area contributed by atoms with Crippen LogP contribution in [0.3, 0.4) is 0 Å². The minimum atomic E-state index is 0.448. The van der Waals surface area contributed by atoms with Crippen LogP contribution in [0.1, 0.15) is 0 Å². The number of benzene rings is 2. The van der Waals surface area contributed by atoms with Gasteiger partial charge in [-0.15, -0.1) is 0 Å². The van der Waals surface area contributed by atoms with E-state index in [1.54, 1.807) is 48.9 Å². The number of fused-ring (bicyclic) bond motifs is 1. The summed E-state index contributed by atoms with van der Waals surface area (Å²) in [5.74, 6) is 1.01. The van der Waals surface area contributed by atoms with Crippen LogP contribution in [0.2, 0.25) is 15.1 Å². The van der Waals surface area contributed by atoms with Gasteiger partial charge in [0.2, 0.25) is 0 Å². The summed E-state index contributed by atoms with van der Waals surface area (Å²) in [6.07, 6.45) is 4.79. The molecule has 1 N–H and O–H groups in total. The van der Waals surface area contributed by atoms with E-state index in [9.17, 15) is 0 Å². The molecular formula is C18H10Cl3N5. The van der Waals surface area contributed by atoms with Gasteiger partial charge in [-0.1, -0.05) is 34.8 Å². The number of hydrogen-bond donors (Lipinski definition) is 1. The first kappa shape index (κ1) is 17.0. The summed E-state index contributed by atoms with van der Waals surface area (Å²) in [6, 6.07) is 10.6. The van der Waals surface area contributed by atoms with Crippen molar-refractivity contribution in [1.82, 2.24) is 19.9 Å². The maximum absolute atomic E-state index is 6.15. The highest BCUT2D eigenvalue weighted by Gasteiger charge is 2.12. The van der Waals surface area contributed by atoms with E-state index < -0.39 is 0 Å². The van der Waals surface area contributed by atoms with Crippen molar-refractivity contribution in [2.45, 2.75) is 0 Å². The molecule has 0 bridgehead atoms. The summed E-state index contributed by atoms with van der Waals surface area (Å²) < 4.78 is 0. The first-order valence-electron chi connectivity index (χ1n) is 7.55. The number of nitrogens with one attached hydrogen (secondary N) is 1. The van der Waals surface area contributed by atoms with E-state index in [4.69, 9.17) is 34.8 Å². The third-order valence-electron chi connectivity index (χ3n) is 3.58. The first-order chi connectivity index (χ1) is 12.6. The van der Waals surface area contributed by atoms with Crippen LogP contribution in [-0.4, -0.2) is 19.9 Å². The van der Waals surface area contributed by atoms with Crippen LogP contribution in [0, 0.1) is 0 Å². The van der Waals surface area contributed by atoms with Gasteiger partial charge in [-0.05, 0) is 36.4 Å². The number of halogens is 3. The second kappa shape index (κ2) is 7.03.